The van der Waals surface area contributed by atoms with Gasteiger partial charge < -0.3 is 10.2 Å². The maximum absolute atomic E-state index is 12.1. The Morgan fingerprint density at radius 1 is 1.63 bits per heavy atom. The summed E-state index contributed by atoms with van der Waals surface area (Å²) in [5, 5.41) is 6.92. The van der Waals surface area contributed by atoms with Crippen molar-refractivity contribution in [3.63, 3.8) is 0 Å². The third kappa shape index (κ3) is 3.52. The maximum atomic E-state index is 12.1. The number of carbonyl (C=O) groups is 2. The van der Waals surface area contributed by atoms with Crippen molar-refractivity contribution in [2.75, 3.05) is 13.6 Å². The third-order valence-corrected chi connectivity index (χ3v) is 3.35. The normalized spacial score (nSPS) is 21.3. The average Bonchev–Trinajstić information content (AvgIpc) is 2.85. The van der Waals surface area contributed by atoms with Crippen LogP contribution < -0.4 is 5.32 Å². The maximum Gasteiger partial charge on any atom is 0.223 e. The number of likely N-dealkylation sites (tertiary alicyclic amines) is 1. The van der Waals surface area contributed by atoms with Crippen LogP contribution in [-0.2, 0) is 16.1 Å². The van der Waals surface area contributed by atoms with Crippen molar-refractivity contribution >= 4 is 11.8 Å². The fourth-order valence-corrected chi connectivity index (χ4v) is 2.18. The lowest BCUT2D eigenvalue weighted by Gasteiger charge is -2.28. The SMILES string of the molecule is CC(Cn1cncn1)NC(=O)C1CCN(C)C(=O)C1. The molecule has 7 heteroatoms. The minimum atomic E-state index is -0.207. The molecule has 1 saturated heterocycles. The second kappa shape index (κ2) is 5.81. The molecule has 2 unspecified atom stereocenters. The quantitative estimate of drug-likeness (QED) is 0.807. The van der Waals surface area contributed by atoms with Gasteiger partial charge in [0.2, 0.25) is 11.8 Å². The monoisotopic (exact) mass is 265 g/mol. The predicted octanol–water partition coefficient (Wildman–Crippen LogP) is -0.349. The van der Waals surface area contributed by atoms with Gasteiger partial charge >= 0.3 is 0 Å². The summed E-state index contributed by atoms with van der Waals surface area (Å²) in [7, 11) is 1.77. The Bertz CT molecular complexity index is 445. The summed E-state index contributed by atoms with van der Waals surface area (Å²) < 4.78 is 1.67. The number of nitrogens with one attached hydrogen (secondary N) is 1. The number of rotatable bonds is 4. The molecule has 1 aliphatic rings. The van der Waals surface area contributed by atoms with Gasteiger partial charge in [0.1, 0.15) is 12.7 Å². The fraction of sp³-hybridized carbons (Fsp3) is 0.667. The molecule has 2 amide bonds. The second-order valence-corrected chi connectivity index (χ2v) is 5.03. The summed E-state index contributed by atoms with van der Waals surface area (Å²) in [5.41, 5.74) is 0. The van der Waals surface area contributed by atoms with Gasteiger partial charge in [0.25, 0.3) is 0 Å². The van der Waals surface area contributed by atoms with Crippen LogP contribution in [0.3, 0.4) is 0 Å². The zero-order chi connectivity index (χ0) is 13.8. The molecule has 1 aliphatic heterocycles. The van der Waals surface area contributed by atoms with Crippen LogP contribution in [0, 0.1) is 5.92 Å². The van der Waals surface area contributed by atoms with Crippen LogP contribution in [0.5, 0.6) is 0 Å². The summed E-state index contributed by atoms with van der Waals surface area (Å²) in [6.45, 7) is 3.14. The van der Waals surface area contributed by atoms with Gasteiger partial charge in [0.05, 0.1) is 6.54 Å². The van der Waals surface area contributed by atoms with E-state index in [1.54, 1.807) is 23.0 Å². The van der Waals surface area contributed by atoms with E-state index >= 15 is 0 Å². The minimum Gasteiger partial charge on any atom is -0.352 e. The van der Waals surface area contributed by atoms with Crippen LogP contribution in [-0.4, -0.2) is 51.1 Å². The molecule has 0 aliphatic carbocycles. The highest BCUT2D eigenvalue weighted by molar-refractivity contribution is 5.86. The van der Waals surface area contributed by atoms with E-state index in [4.69, 9.17) is 0 Å². The molecule has 1 N–H and O–H groups in total. The van der Waals surface area contributed by atoms with E-state index in [0.29, 0.717) is 19.5 Å². The standard InChI is InChI=1S/C12H19N5O2/c1-9(6-17-8-13-7-14-17)15-12(19)10-3-4-16(2)11(18)5-10/h7-10H,3-6H2,1-2H3,(H,15,19). The molecule has 2 rings (SSSR count). The van der Waals surface area contributed by atoms with Gasteiger partial charge in [-0.25, -0.2) is 4.98 Å². The molecule has 0 radical (unpaired) electrons. The van der Waals surface area contributed by atoms with Crippen LogP contribution in [0.1, 0.15) is 19.8 Å². The number of nitrogens with zero attached hydrogens (tertiary/aromatic N) is 4. The Labute approximate surface area is 112 Å². The largest absolute Gasteiger partial charge is 0.352 e. The van der Waals surface area contributed by atoms with E-state index in [1.165, 1.54) is 6.33 Å². The highest BCUT2D eigenvalue weighted by atomic mass is 16.2. The molecule has 7 nitrogen and oxygen atoms in total. The molecule has 2 heterocycles. The lowest BCUT2D eigenvalue weighted by Crippen LogP contribution is -2.45. The molecule has 104 valence electrons. The average molecular weight is 265 g/mol. The Balaban J connectivity index is 1.82. The number of hydrogen-bond donors (Lipinski definition) is 1. The molecule has 0 bridgehead atoms. The zero-order valence-electron chi connectivity index (χ0n) is 11.2. The Morgan fingerprint density at radius 2 is 2.42 bits per heavy atom. The fourth-order valence-electron chi connectivity index (χ4n) is 2.18. The first-order chi connectivity index (χ1) is 9.06. The van der Waals surface area contributed by atoms with Crippen LogP contribution in [0.2, 0.25) is 0 Å². The highest BCUT2D eigenvalue weighted by Gasteiger charge is 2.29. The van der Waals surface area contributed by atoms with E-state index in [9.17, 15) is 9.59 Å². The molecule has 0 aromatic carbocycles. The van der Waals surface area contributed by atoms with Gasteiger partial charge in [0.15, 0.2) is 0 Å². The lowest BCUT2D eigenvalue weighted by molar-refractivity contribution is -0.139. The predicted molar refractivity (Wildman–Crippen MR) is 68.0 cm³/mol. The molecular formula is C12H19N5O2. The molecule has 1 aromatic heterocycles. The first-order valence-electron chi connectivity index (χ1n) is 6.43. The first kappa shape index (κ1) is 13.5. The number of carbonyl (C=O) groups excluding carboxylic acids is 2. The molecule has 0 spiro atoms. The van der Waals surface area contributed by atoms with Gasteiger partial charge in [0, 0.05) is 32.0 Å². The van der Waals surface area contributed by atoms with Crippen molar-refractivity contribution in [2.45, 2.75) is 32.4 Å². The Hall–Kier alpha value is -1.92. The van der Waals surface area contributed by atoms with Crippen molar-refractivity contribution in [1.29, 1.82) is 0 Å². The molecule has 2 atom stereocenters. The van der Waals surface area contributed by atoms with Crippen LogP contribution >= 0.6 is 0 Å². The van der Waals surface area contributed by atoms with E-state index < -0.39 is 0 Å². The summed E-state index contributed by atoms with van der Waals surface area (Å²) in [6.07, 6.45) is 4.11. The molecule has 19 heavy (non-hydrogen) atoms. The van der Waals surface area contributed by atoms with Crippen molar-refractivity contribution < 1.29 is 9.59 Å². The molecule has 0 saturated carbocycles. The molecule has 1 aromatic rings. The number of piperidine rings is 1. The van der Waals surface area contributed by atoms with Crippen molar-refractivity contribution in [2.24, 2.45) is 5.92 Å². The lowest BCUT2D eigenvalue weighted by atomic mass is 9.95. The van der Waals surface area contributed by atoms with Crippen molar-refractivity contribution in [3.05, 3.63) is 12.7 Å². The Kier molecular flexibility index (Phi) is 4.13. The summed E-state index contributed by atoms with van der Waals surface area (Å²) >= 11 is 0. The van der Waals surface area contributed by atoms with E-state index in [-0.39, 0.29) is 23.8 Å². The topological polar surface area (TPSA) is 80.1 Å². The summed E-state index contributed by atoms with van der Waals surface area (Å²) in [5.74, 6) is -0.216. The highest BCUT2D eigenvalue weighted by Crippen LogP contribution is 2.17. The van der Waals surface area contributed by atoms with Crippen LogP contribution in [0.25, 0.3) is 0 Å². The number of amides is 2. The third-order valence-electron chi connectivity index (χ3n) is 3.35. The molecule has 1 fully saturated rings. The minimum absolute atomic E-state index is 0.0373. The van der Waals surface area contributed by atoms with Gasteiger partial charge in [-0.1, -0.05) is 0 Å². The van der Waals surface area contributed by atoms with Crippen LogP contribution in [0.4, 0.5) is 0 Å². The van der Waals surface area contributed by atoms with Crippen LogP contribution in [0.15, 0.2) is 12.7 Å². The summed E-state index contributed by atoms with van der Waals surface area (Å²) in [4.78, 5) is 29.2. The van der Waals surface area contributed by atoms with Gasteiger partial charge in [-0.15, -0.1) is 0 Å². The summed E-state index contributed by atoms with van der Waals surface area (Å²) in [6, 6.07) is -0.0380. The Morgan fingerprint density at radius 3 is 3.05 bits per heavy atom. The smallest absolute Gasteiger partial charge is 0.223 e. The van der Waals surface area contributed by atoms with Gasteiger partial charge in [-0.2, -0.15) is 5.10 Å². The molecular weight excluding hydrogens is 246 g/mol. The van der Waals surface area contributed by atoms with E-state index in [1.807, 2.05) is 6.92 Å². The van der Waals surface area contributed by atoms with E-state index in [2.05, 4.69) is 15.4 Å². The zero-order valence-corrected chi connectivity index (χ0v) is 11.2. The number of aromatic nitrogens is 3. The van der Waals surface area contributed by atoms with Gasteiger partial charge in [-0.3, -0.25) is 14.3 Å². The van der Waals surface area contributed by atoms with Crippen molar-refractivity contribution in [1.82, 2.24) is 25.0 Å². The van der Waals surface area contributed by atoms with Gasteiger partial charge in [-0.05, 0) is 13.3 Å². The first-order valence-corrected chi connectivity index (χ1v) is 6.43. The van der Waals surface area contributed by atoms with Crippen molar-refractivity contribution in [3.8, 4) is 0 Å². The van der Waals surface area contributed by atoms with E-state index in [0.717, 1.165) is 6.42 Å². The second-order valence-electron chi connectivity index (χ2n) is 5.03. The number of hydrogen-bond acceptors (Lipinski definition) is 4.